The topological polar surface area (TPSA) is 46.5 Å². The molecule has 0 radical (unpaired) electrons. The van der Waals surface area contributed by atoms with E-state index in [1.54, 1.807) is 6.07 Å². The van der Waals surface area contributed by atoms with Crippen LogP contribution in [0.15, 0.2) is 24.3 Å². The molecule has 1 unspecified atom stereocenters. The number of hydrogen-bond donors (Lipinski definition) is 1. The minimum atomic E-state index is -0.834. The highest BCUT2D eigenvalue weighted by Crippen LogP contribution is 2.37. The predicted molar refractivity (Wildman–Crippen MR) is 55.7 cm³/mol. The Labute approximate surface area is 92.9 Å². The lowest BCUT2D eigenvalue weighted by Crippen LogP contribution is -2.23. The van der Waals surface area contributed by atoms with Crippen LogP contribution in [-0.4, -0.2) is 17.7 Å². The highest BCUT2D eigenvalue weighted by atomic mass is 19.1. The fourth-order valence-corrected chi connectivity index (χ4v) is 1.65. The van der Waals surface area contributed by atoms with Crippen molar-refractivity contribution >= 4 is 5.97 Å². The van der Waals surface area contributed by atoms with Crippen molar-refractivity contribution in [2.45, 2.75) is 12.8 Å². The van der Waals surface area contributed by atoms with E-state index in [1.807, 2.05) is 0 Å². The van der Waals surface area contributed by atoms with Gasteiger partial charge in [0, 0.05) is 6.07 Å². The summed E-state index contributed by atoms with van der Waals surface area (Å²) in [6.07, 6.45) is 1.90. The molecule has 1 fully saturated rings. The van der Waals surface area contributed by atoms with Crippen LogP contribution in [0.1, 0.15) is 12.8 Å². The van der Waals surface area contributed by atoms with Crippen molar-refractivity contribution in [2.75, 3.05) is 6.61 Å². The van der Waals surface area contributed by atoms with Gasteiger partial charge in [-0.15, -0.1) is 0 Å². The van der Waals surface area contributed by atoms with E-state index in [2.05, 4.69) is 0 Å². The molecule has 1 aliphatic carbocycles. The Morgan fingerprint density at radius 3 is 2.88 bits per heavy atom. The number of carboxylic acids is 1. The van der Waals surface area contributed by atoms with E-state index >= 15 is 0 Å². The Balaban J connectivity index is 1.92. The highest BCUT2D eigenvalue weighted by Gasteiger charge is 2.36. The first kappa shape index (κ1) is 10.9. The number of benzene rings is 1. The van der Waals surface area contributed by atoms with Gasteiger partial charge in [-0.2, -0.15) is 0 Å². The van der Waals surface area contributed by atoms with Crippen molar-refractivity contribution in [3.63, 3.8) is 0 Å². The maximum atomic E-state index is 12.8. The molecule has 0 saturated heterocycles. The third kappa shape index (κ3) is 2.72. The standard InChI is InChI=1S/C12H13FO3/c13-9-2-1-3-10(6-9)16-7-11(12(14)15)8-4-5-8/h1-3,6,8,11H,4-5,7H2,(H,14,15). The van der Waals surface area contributed by atoms with Crippen LogP contribution in [0.25, 0.3) is 0 Å². The van der Waals surface area contributed by atoms with E-state index < -0.39 is 11.9 Å². The third-order valence-corrected chi connectivity index (χ3v) is 2.73. The van der Waals surface area contributed by atoms with Crippen molar-refractivity contribution in [1.29, 1.82) is 0 Å². The zero-order valence-corrected chi connectivity index (χ0v) is 8.73. The Hall–Kier alpha value is -1.58. The van der Waals surface area contributed by atoms with E-state index in [0.29, 0.717) is 5.75 Å². The molecule has 4 heteroatoms. The molecule has 0 heterocycles. The summed E-state index contributed by atoms with van der Waals surface area (Å²) < 4.78 is 18.1. The molecule has 0 spiro atoms. The second kappa shape index (κ2) is 4.51. The summed E-state index contributed by atoms with van der Waals surface area (Å²) in [5.41, 5.74) is 0. The van der Waals surface area contributed by atoms with Crippen LogP contribution in [0.5, 0.6) is 5.75 Å². The van der Waals surface area contributed by atoms with Gasteiger partial charge in [0.05, 0.1) is 5.92 Å². The lowest BCUT2D eigenvalue weighted by Gasteiger charge is -2.12. The first-order chi connectivity index (χ1) is 7.66. The van der Waals surface area contributed by atoms with Gasteiger partial charge in [0.25, 0.3) is 0 Å². The Bertz CT molecular complexity index is 388. The summed E-state index contributed by atoms with van der Waals surface area (Å²) in [5.74, 6) is -1.07. The number of hydrogen-bond acceptors (Lipinski definition) is 2. The van der Waals surface area contributed by atoms with Gasteiger partial charge in [0.2, 0.25) is 0 Å². The van der Waals surface area contributed by atoms with E-state index in [-0.39, 0.29) is 18.3 Å². The zero-order valence-electron chi connectivity index (χ0n) is 8.73. The molecule has 0 amide bonds. The molecule has 3 nitrogen and oxygen atoms in total. The summed E-state index contributed by atoms with van der Waals surface area (Å²) in [4.78, 5) is 10.9. The molecule has 0 bridgehead atoms. The largest absolute Gasteiger partial charge is 0.493 e. The molecule has 1 N–H and O–H groups in total. The molecule has 0 aromatic heterocycles. The van der Waals surface area contributed by atoms with Crippen LogP contribution in [0, 0.1) is 17.7 Å². The maximum absolute atomic E-state index is 12.8. The minimum Gasteiger partial charge on any atom is -0.493 e. The van der Waals surface area contributed by atoms with Crippen LogP contribution >= 0.6 is 0 Å². The fourth-order valence-electron chi connectivity index (χ4n) is 1.65. The second-order valence-electron chi connectivity index (χ2n) is 4.05. The fraction of sp³-hybridized carbons (Fsp3) is 0.417. The van der Waals surface area contributed by atoms with Gasteiger partial charge < -0.3 is 9.84 Å². The normalized spacial score (nSPS) is 16.8. The van der Waals surface area contributed by atoms with Crippen LogP contribution < -0.4 is 4.74 Å². The Morgan fingerprint density at radius 1 is 1.56 bits per heavy atom. The highest BCUT2D eigenvalue weighted by molar-refractivity contribution is 5.71. The van der Waals surface area contributed by atoms with Gasteiger partial charge in [0.1, 0.15) is 18.2 Å². The second-order valence-corrected chi connectivity index (χ2v) is 4.05. The van der Waals surface area contributed by atoms with Crippen molar-refractivity contribution in [3.8, 4) is 5.75 Å². The van der Waals surface area contributed by atoms with Gasteiger partial charge in [-0.05, 0) is 30.9 Å². The van der Waals surface area contributed by atoms with Crippen molar-refractivity contribution in [1.82, 2.24) is 0 Å². The molecule has 2 rings (SSSR count). The lowest BCUT2D eigenvalue weighted by molar-refractivity contribution is -0.143. The van der Waals surface area contributed by atoms with Crippen LogP contribution in [0.3, 0.4) is 0 Å². The van der Waals surface area contributed by atoms with Gasteiger partial charge in [-0.1, -0.05) is 6.07 Å². The summed E-state index contributed by atoms with van der Waals surface area (Å²) in [6, 6.07) is 5.74. The van der Waals surface area contributed by atoms with Crippen molar-refractivity contribution < 1.29 is 19.0 Å². The first-order valence-electron chi connectivity index (χ1n) is 5.28. The average molecular weight is 224 g/mol. The van der Waals surface area contributed by atoms with Crippen molar-refractivity contribution in [3.05, 3.63) is 30.1 Å². The molecular formula is C12H13FO3. The third-order valence-electron chi connectivity index (χ3n) is 2.73. The summed E-state index contributed by atoms with van der Waals surface area (Å²) in [5, 5.41) is 8.96. The molecule has 1 atom stereocenters. The molecule has 1 aliphatic rings. The van der Waals surface area contributed by atoms with E-state index in [1.165, 1.54) is 18.2 Å². The molecule has 1 aromatic rings. The smallest absolute Gasteiger partial charge is 0.310 e. The van der Waals surface area contributed by atoms with Crippen LogP contribution in [0.2, 0.25) is 0 Å². The average Bonchev–Trinajstić information content (AvgIpc) is 3.02. The molecule has 1 aromatic carbocycles. The number of aliphatic carboxylic acids is 1. The maximum Gasteiger partial charge on any atom is 0.310 e. The number of carboxylic acid groups (broad SMARTS) is 1. The monoisotopic (exact) mass is 224 g/mol. The van der Waals surface area contributed by atoms with E-state index in [4.69, 9.17) is 9.84 Å². The summed E-state index contributed by atoms with van der Waals surface area (Å²) in [6.45, 7) is 0.115. The van der Waals surface area contributed by atoms with Gasteiger partial charge in [-0.3, -0.25) is 4.79 Å². The lowest BCUT2D eigenvalue weighted by atomic mass is 10.1. The van der Waals surface area contributed by atoms with Gasteiger partial charge >= 0.3 is 5.97 Å². The Kier molecular flexibility index (Phi) is 3.08. The number of ether oxygens (including phenoxy) is 1. The first-order valence-corrected chi connectivity index (χ1v) is 5.28. The number of rotatable bonds is 5. The molecule has 0 aliphatic heterocycles. The minimum absolute atomic E-state index is 0.115. The van der Waals surface area contributed by atoms with E-state index in [9.17, 15) is 9.18 Å². The Morgan fingerprint density at radius 2 is 2.31 bits per heavy atom. The summed E-state index contributed by atoms with van der Waals surface area (Å²) >= 11 is 0. The van der Waals surface area contributed by atoms with Crippen molar-refractivity contribution in [2.24, 2.45) is 11.8 Å². The van der Waals surface area contributed by atoms with Gasteiger partial charge in [-0.25, -0.2) is 4.39 Å². The molecule has 16 heavy (non-hydrogen) atoms. The molecular weight excluding hydrogens is 211 g/mol. The van der Waals surface area contributed by atoms with Crippen LogP contribution in [-0.2, 0) is 4.79 Å². The quantitative estimate of drug-likeness (QED) is 0.834. The molecule has 86 valence electrons. The van der Waals surface area contributed by atoms with E-state index in [0.717, 1.165) is 12.8 Å². The molecule has 1 saturated carbocycles. The van der Waals surface area contributed by atoms with Crippen LogP contribution in [0.4, 0.5) is 4.39 Å². The SMILES string of the molecule is O=C(O)C(COc1cccc(F)c1)C1CC1. The predicted octanol–water partition coefficient (Wildman–Crippen LogP) is 2.32. The zero-order chi connectivity index (χ0) is 11.5. The summed E-state index contributed by atoms with van der Waals surface area (Å²) in [7, 11) is 0. The van der Waals surface area contributed by atoms with Gasteiger partial charge in [0.15, 0.2) is 0 Å². The number of carbonyl (C=O) groups is 1. The number of halogens is 1.